The van der Waals surface area contributed by atoms with Gasteiger partial charge in [-0.25, -0.2) is 8.42 Å². The molecule has 0 saturated heterocycles. The van der Waals surface area contributed by atoms with Gasteiger partial charge in [0.15, 0.2) is 0 Å². The van der Waals surface area contributed by atoms with Gasteiger partial charge < -0.3 is 9.47 Å². The van der Waals surface area contributed by atoms with E-state index in [2.05, 4.69) is 0 Å². The molecule has 0 aliphatic heterocycles. The van der Waals surface area contributed by atoms with Crippen molar-refractivity contribution in [2.24, 2.45) is 0 Å². The van der Waals surface area contributed by atoms with Crippen molar-refractivity contribution < 1.29 is 35.9 Å². The zero-order valence-electron chi connectivity index (χ0n) is 13.2. The number of carbonyl (C=O) groups is 1. The summed E-state index contributed by atoms with van der Waals surface area (Å²) < 4.78 is 71.4. The second kappa shape index (κ2) is 7.60. The maximum atomic E-state index is 12.6. The molecule has 0 saturated carbocycles. The maximum absolute atomic E-state index is 12.6. The van der Waals surface area contributed by atoms with E-state index in [1.807, 2.05) is 0 Å². The van der Waals surface area contributed by atoms with Gasteiger partial charge in [-0.05, 0) is 27.7 Å². The summed E-state index contributed by atoms with van der Waals surface area (Å²) in [7, 11) is -3.09. The van der Waals surface area contributed by atoms with E-state index in [0.717, 1.165) is 0 Å². The minimum atomic E-state index is -4.77. The van der Waals surface area contributed by atoms with E-state index in [4.69, 9.17) is 9.47 Å². The summed E-state index contributed by atoms with van der Waals surface area (Å²) >= 11 is 0. The lowest BCUT2D eigenvalue weighted by Gasteiger charge is -2.26. The number of nitrogens with zero attached hydrogens (tertiary/aromatic N) is 1. The molecule has 0 amide bonds. The van der Waals surface area contributed by atoms with Gasteiger partial charge in [-0.3, -0.25) is 4.79 Å². The smallest absolute Gasteiger partial charge is 0.402 e. The Morgan fingerprint density at radius 1 is 1.23 bits per heavy atom. The molecule has 0 heterocycles. The Hall–Kier alpha value is -0.870. The first-order chi connectivity index (χ1) is 9.66. The number of hydrogen-bond acceptors (Lipinski definition) is 5. The highest BCUT2D eigenvalue weighted by Gasteiger charge is 2.38. The second-order valence-corrected chi connectivity index (χ2v) is 7.81. The topological polar surface area (TPSA) is 72.9 Å². The number of hydrogen-bond donors (Lipinski definition) is 0. The molecule has 0 fully saturated rings. The molecule has 0 unspecified atom stereocenters. The third-order valence-corrected chi connectivity index (χ3v) is 4.26. The molecule has 0 aliphatic rings. The van der Waals surface area contributed by atoms with E-state index in [0.29, 0.717) is 0 Å². The molecule has 0 aliphatic carbocycles. The van der Waals surface area contributed by atoms with Crippen LogP contribution in [0, 0.1) is 0 Å². The minimum absolute atomic E-state index is 0.0661. The molecular formula is C12H22F3NO5S. The van der Waals surface area contributed by atoms with Crippen molar-refractivity contribution in [2.75, 3.05) is 26.0 Å². The predicted octanol–water partition coefficient (Wildman–Crippen LogP) is 1.56. The van der Waals surface area contributed by atoms with Crippen LogP contribution < -0.4 is 0 Å². The largest absolute Gasteiger partial charge is 0.459 e. The maximum Gasteiger partial charge on any atom is 0.402 e. The van der Waals surface area contributed by atoms with Crippen LogP contribution in [0.1, 0.15) is 27.7 Å². The van der Waals surface area contributed by atoms with Crippen molar-refractivity contribution in [3.8, 4) is 0 Å². The highest BCUT2D eigenvalue weighted by atomic mass is 32.2. The SMILES string of the molecule is CO[C@H](C)CS(=O)(=O)N(CC(=O)OC(C)(C)C)CC(F)(F)F. The van der Waals surface area contributed by atoms with Crippen molar-refractivity contribution >= 4 is 16.0 Å². The van der Waals surface area contributed by atoms with E-state index in [9.17, 15) is 26.4 Å². The van der Waals surface area contributed by atoms with E-state index in [1.165, 1.54) is 34.8 Å². The molecule has 0 aromatic carbocycles. The number of methoxy groups -OCH3 is 1. The number of sulfonamides is 1. The van der Waals surface area contributed by atoms with Crippen molar-refractivity contribution in [3.05, 3.63) is 0 Å². The summed E-state index contributed by atoms with van der Waals surface area (Å²) in [4.78, 5) is 11.6. The quantitative estimate of drug-likeness (QED) is 0.652. The summed E-state index contributed by atoms with van der Waals surface area (Å²) in [5, 5.41) is 0. The fourth-order valence-electron chi connectivity index (χ4n) is 1.44. The van der Waals surface area contributed by atoms with E-state index >= 15 is 0 Å². The lowest BCUT2D eigenvalue weighted by atomic mass is 10.2. The number of carbonyl (C=O) groups excluding carboxylic acids is 1. The van der Waals surface area contributed by atoms with Crippen LogP contribution in [0.4, 0.5) is 13.2 Å². The molecule has 132 valence electrons. The normalized spacial score (nSPS) is 15.0. The number of ether oxygens (including phenoxy) is 2. The van der Waals surface area contributed by atoms with Crippen LogP contribution in [0.5, 0.6) is 0 Å². The van der Waals surface area contributed by atoms with Gasteiger partial charge >= 0.3 is 12.1 Å². The van der Waals surface area contributed by atoms with Crippen LogP contribution in [0.2, 0.25) is 0 Å². The molecule has 0 spiro atoms. The first-order valence-corrected chi connectivity index (χ1v) is 8.06. The van der Waals surface area contributed by atoms with Crippen molar-refractivity contribution in [3.63, 3.8) is 0 Å². The Bertz CT molecular complexity index is 470. The summed E-state index contributed by atoms with van der Waals surface area (Å²) in [6.45, 7) is 3.22. The monoisotopic (exact) mass is 349 g/mol. The molecule has 0 aromatic rings. The average Bonchev–Trinajstić information content (AvgIpc) is 2.22. The molecule has 0 radical (unpaired) electrons. The Morgan fingerprint density at radius 2 is 1.73 bits per heavy atom. The van der Waals surface area contributed by atoms with Gasteiger partial charge in [0.2, 0.25) is 10.0 Å². The summed E-state index contributed by atoms with van der Waals surface area (Å²) in [6.07, 6.45) is -5.58. The van der Waals surface area contributed by atoms with Gasteiger partial charge in [0.25, 0.3) is 0 Å². The molecule has 0 aromatic heterocycles. The van der Waals surface area contributed by atoms with Crippen molar-refractivity contribution in [1.82, 2.24) is 4.31 Å². The number of halogens is 3. The second-order valence-electron chi connectivity index (χ2n) is 5.79. The van der Waals surface area contributed by atoms with Gasteiger partial charge in [-0.1, -0.05) is 0 Å². The Balaban J connectivity index is 5.17. The van der Waals surface area contributed by atoms with Crippen molar-refractivity contribution in [2.45, 2.75) is 45.6 Å². The Labute approximate surface area is 128 Å². The molecule has 0 bridgehead atoms. The number of rotatable bonds is 7. The zero-order chi connectivity index (χ0) is 17.8. The van der Waals surface area contributed by atoms with Crippen LogP contribution in [-0.2, 0) is 24.3 Å². The van der Waals surface area contributed by atoms with Gasteiger partial charge in [-0.2, -0.15) is 17.5 Å². The Kier molecular flexibility index (Phi) is 7.30. The number of alkyl halides is 3. The van der Waals surface area contributed by atoms with E-state index < -0.39 is 52.7 Å². The molecular weight excluding hydrogens is 327 g/mol. The Morgan fingerprint density at radius 3 is 2.09 bits per heavy atom. The minimum Gasteiger partial charge on any atom is -0.459 e. The van der Waals surface area contributed by atoms with Crippen LogP contribution in [-0.4, -0.2) is 62.5 Å². The summed E-state index contributed by atoms with van der Waals surface area (Å²) in [5.41, 5.74) is -0.926. The molecule has 10 heteroatoms. The van der Waals surface area contributed by atoms with E-state index in [1.54, 1.807) is 0 Å². The van der Waals surface area contributed by atoms with Crippen LogP contribution >= 0.6 is 0 Å². The first kappa shape index (κ1) is 21.1. The fraction of sp³-hybridized carbons (Fsp3) is 0.917. The predicted molar refractivity (Wildman–Crippen MR) is 73.7 cm³/mol. The van der Waals surface area contributed by atoms with Gasteiger partial charge in [0.05, 0.1) is 11.9 Å². The zero-order valence-corrected chi connectivity index (χ0v) is 14.0. The standard InChI is InChI=1S/C12H22F3NO5S/c1-9(20-5)7-22(18,19)16(8-12(13,14)15)6-10(17)21-11(2,3)4/h9H,6-8H2,1-5H3/t9-/m1/s1. The van der Waals surface area contributed by atoms with E-state index in [-0.39, 0.29) is 4.31 Å². The summed E-state index contributed by atoms with van der Waals surface area (Å²) in [5.74, 6) is -1.71. The molecule has 22 heavy (non-hydrogen) atoms. The molecule has 1 atom stereocenters. The third kappa shape index (κ3) is 9.21. The van der Waals surface area contributed by atoms with Crippen LogP contribution in [0.15, 0.2) is 0 Å². The van der Waals surface area contributed by atoms with Gasteiger partial charge in [-0.15, -0.1) is 0 Å². The van der Waals surface area contributed by atoms with Crippen LogP contribution in [0.3, 0.4) is 0 Å². The van der Waals surface area contributed by atoms with Crippen molar-refractivity contribution in [1.29, 1.82) is 0 Å². The third-order valence-electron chi connectivity index (χ3n) is 2.32. The lowest BCUT2D eigenvalue weighted by molar-refractivity contribution is -0.159. The average molecular weight is 349 g/mol. The highest BCUT2D eigenvalue weighted by molar-refractivity contribution is 7.89. The van der Waals surface area contributed by atoms with Gasteiger partial charge in [0, 0.05) is 7.11 Å². The molecule has 0 rings (SSSR count). The van der Waals surface area contributed by atoms with Gasteiger partial charge in [0.1, 0.15) is 18.7 Å². The number of esters is 1. The summed E-state index contributed by atoms with van der Waals surface area (Å²) in [6, 6.07) is 0. The first-order valence-electron chi connectivity index (χ1n) is 6.45. The molecule has 6 nitrogen and oxygen atoms in total. The van der Waals surface area contributed by atoms with Crippen LogP contribution in [0.25, 0.3) is 0 Å². The fourth-order valence-corrected chi connectivity index (χ4v) is 3.03. The molecule has 0 N–H and O–H groups in total. The lowest BCUT2D eigenvalue weighted by Crippen LogP contribution is -2.45. The highest BCUT2D eigenvalue weighted by Crippen LogP contribution is 2.20.